The van der Waals surface area contributed by atoms with Crippen LogP contribution in [0.25, 0.3) is 10.2 Å². The van der Waals surface area contributed by atoms with E-state index in [1.165, 1.54) is 20.3 Å². The molecule has 4 nitrogen and oxygen atoms in total. The van der Waals surface area contributed by atoms with Gasteiger partial charge in [-0.05, 0) is 49.3 Å². The lowest BCUT2D eigenvalue weighted by Crippen LogP contribution is -2.45. The minimum absolute atomic E-state index is 0.248. The maximum absolute atomic E-state index is 13.2. The van der Waals surface area contributed by atoms with Crippen LogP contribution in [0.1, 0.15) is 30.2 Å². The standard InChI is InChI=1S/C23H25N3OS2/c27-22(16-25-13-6-14-28-21-11-4-2-9-19(21)25)26-12-5-7-17(15-26)23-24-18-8-1-3-10-20(18)29-23/h1-4,8-11,17H,5-7,12-16H2/t17-/m1/s1. The van der Waals surface area contributed by atoms with Crippen LogP contribution in [-0.2, 0) is 4.79 Å². The Morgan fingerprint density at radius 1 is 1.07 bits per heavy atom. The molecule has 1 aromatic heterocycles. The van der Waals surface area contributed by atoms with Crippen LogP contribution in [0.15, 0.2) is 53.4 Å². The smallest absolute Gasteiger partial charge is 0.242 e. The van der Waals surface area contributed by atoms with Crippen molar-refractivity contribution >= 4 is 44.9 Å². The SMILES string of the molecule is O=C(CN1CCCSc2ccccc21)N1CCC[C@@H](c2nc3ccccc3s2)C1. The van der Waals surface area contributed by atoms with Crippen LogP contribution in [0, 0.1) is 0 Å². The third-order valence-electron chi connectivity index (χ3n) is 5.80. The zero-order valence-corrected chi connectivity index (χ0v) is 18.1. The molecule has 0 spiro atoms. The Morgan fingerprint density at radius 3 is 2.86 bits per heavy atom. The summed E-state index contributed by atoms with van der Waals surface area (Å²) in [6.07, 6.45) is 3.28. The number of rotatable bonds is 3. The minimum Gasteiger partial charge on any atom is -0.361 e. The first kappa shape index (κ1) is 18.9. The molecule has 5 rings (SSSR count). The van der Waals surface area contributed by atoms with Crippen molar-refractivity contribution in [1.82, 2.24) is 9.88 Å². The van der Waals surface area contributed by atoms with Crippen LogP contribution in [0.4, 0.5) is 5.69 Å². The molecule has 6 heteroatoms. The number of carbonyl (C=O) groups excluding carboxylic acids is 1. The summed E-state index contributed by atoms with van der Waals surface area (Å²) < 4.78 is 1.24. The summed E-state index contributed by atoms with van der Waals surface area (Å²) in [5.41, 5.74) is 2.29. The lowest BCUT2D eigenvalue weighted by molar-refractivity contribution is -0.130. The number of carbonyl (C=O) groups is 1. The average molecular weight is 424 g/mol. The highest BCUT2D eigenvalue weighted by atomic mass is 32.2. The van der Waals surface area contributed by atoms with E-state index >= 15 is 0 Å². The minimum atomic E-state index is 0.248. The Balaban J connectivity index is 1.30. The van der Waals surface area contributed by atoms with Gasteiger partial charge >= 0.3 is 0 Å². The number of anilines is 1. The maximum atomic E-state index is 13.2. The molecule has 0 unspecified atom stereocenters. The van der Waals surface area contributed by atoms with Gasteiger partial charge in [0, 0.05) is 30.4 Å². The molecule has 1 amide bonds. The number of thiazole rings is 1. The number of piperidine rings is 1. The molecule has 150 valence electrons. The number of hydrogen-bond donors (Lipinski definition) is 0. The number of hydrogen-bond acceptors (Lipinski definition) is 5. The number of para-hydroxylation sites is 2. The van der Waals surface area contributed by atoms with E-state index in [-0.39, 0.29) is 5.91 Å². The van der Waals surface area contributed by atoms with Crippen molar-refractivity contribution in [3.63, 3.8) is 0 Å². The van der Waals surface area contributed by atoms with E-state index < -0.39 is 0 Å². The Hall–Kier alpha value is -2.05. The molecule has 1 atom stereocenters. The van der Waals surface area contributed by atoms with Crippen LogP contribution in [-0.4, -0.2) is 47.7 Å². The summed E-state index contributed by atoms with van der Waals surface area (Å²) in [5.74, 6) is 1.72. The van der Waals surface area contributed by atoms with Gasteiger partial charge < -0.3 is 9.80 Å². The Bertz CT molecular complexity index is 985. The van der Waals surface area contributed by atoms with Gasteiger partial charge in [-0.2, -0.15) is 0 Å². The first-order valence-electron chi connectivity index (χ1n) is 10.4. The van der Waals surface area contributed by atoms with E-state index in [1.807, 2.05) is 17.8 Å². The molecule has 2 aromatic carbocycles. The molecule has 0 radical (unpaired) electrons. The van der Waals surface area contributed by atoms with Crippen LogP contribution >= 0.6 is 23.1 Å². The second-order valence-electron chi connectivity index (χ2n) is 7.79. The quantitative estimate of drug-likeness (QED) is 0.594. The Kier molecular flexibility index (Phi) is 5.46. The van der Waals surface area contributed by atoms with Gasteiger partial charge in [-0.1, -0.05) is 24.3 Å². The van der Waals surface area contributed by atoms with E-state index in [1.54, 1.807) is 11.3 Å². The van der Waals surface area contributed by atoms with Gasteiger partial charge in [-0.25, -0.2) is 4.98 Å². The fourth-order valence-corrected chi connectivity index (χ4v) is 6.40. The Labute approximate surface area is 179 Å². The van der Waals surface area contributed by atoms with Gasteiger partial charge in [0.15, 0.2) is 0 Å². The number of amides is 1. The highest BCUT2D eigenvalue weighted by Gasteiger charge is 2.28. The van der Waals surface area contributed by atoms with Crippen molar-refractivity contribution in [3.8, 4) is 0 Å². The van der Waals surface area contributed by atoms with E-state index in [0.29, 0.717) is 12.5 Å². The molecule has 3 heterocycles. The molecule has 0 bridgehead atoms. The number of nitrogens with zero attached hydrogens (tertiary/aromatic N) is 3. The van der Waals surface area contributed by atoms with Crippen LogP contribution in [0.2, 0.25) is 0 Å². The predicted molar refractivity (Wildman–Crippen MR) is 122 cm³/mol. The van der Waals surface area contributed by atoms with E-state index in [0.717, 1.165) is 50.2 Å². The number of aromatic nitrogens is 1. The second-order valence-corrected chi connectivity index (χ2v) is 9.99. The van der Waals surface area contributed by atoms with E-state index in [4.69, 9.17) is 4.98 Å². The molecule has 2 aliphatic heterocycles. The zero-order valence-electron chi connectivity index (χ0n) is 16.4. The van der Waals surface area contributed by atoms with Gasteiger partial charge in [0.25, 0.3) is 0 Å². The van der Waals surface area contributed by atoms with Crippen molar-refractivity contribution in [3.05, 3.63) is 53.5 Å². The third-order valence-corrected chi connectivity index (χ3v) is 8.14. The number of fused-ring (bicyclic) bond motifs is 2. The molecular weight excluding hydrogens is 398 g/mol. The van der Waals surface area contributed by atoms with Gasteiger partial charge in [-0.15, -0.1) is 23.1 Å². The van der Waals surface area contributed by atoms with Crippen molar-refractivity contribution in [2.75, 3.05) is 36.8 Å². The fourth-order valence-electron chi connectivity index (χ4n) is 4.30. The van der Waals surface area contributed by atoms with Crippen molar-refractivity contribution in [2.24, 2.45) is 0 Å². The largest absolute Gasteiger partial charge is 0.361 e. The summed E-state index contributed by atoms with van der Waals surface area (Å²) in [6.45, 7) is 3.09. The summed E-state index contributed by atoms with van der Waals surface area (Å²) in [4.78, 5) is 23.7. The molecule has 0 N–H and O–H groups in total. The monoisotopic (exact) mass is 423 g/mol. The molecule has 0 saturated carbocycles. The highest BCUT2D eigenvalue weighted by Crippen LogP contribution is 2.35. The second kappa shape index (κ2) is 8.36. The van der Waals surface area contributed by atoms with Crippen molar-refractivity contribution < 1.29 is 4.79 Å². The average Bonchev–Trinajstić information content (AvgIpc) is 3.10. The summed E-state index contributed by atoms with van der Waals surface area (Å²) in [7, 11) is 0. The topological polar surface area (TPSA) is 36.4 Å². The van der Waals surface area contributed by atoms with Gasteiger partial charge in [-0.3, -0.25) is 4.79 Å². The highest BCUT2D eigenvalue weighted by molar-refractivity contribution is 7.99. The van der Waals surface area contributed by atoms with Crippen LogP contribution in [0.3, 0.4) is 0 Å². The summed E-state index contributed by atoms with van der Waals surface area (Å²) in [5, 5.41) is 1.18. The first-order chi connectivity index (χ1) is 14.3. The molecule has 2 aliphatic rings. The Morgan fingerprint density at radius 2 is 1.93 bits per heavy atom. The predicted octanol–water partition coefficient (Wildman–Crippen LogP) is 5.00. The van der Waals surface area contributed by atoms with Gasteiger partial charge in [0.05, 0.1) is 27.5 Å². The summed E-state index contributed by atoms with van der Waals surface area (Å²) >= 11 is 3.69. The first-order valence-corrected chi connectivity index (χ1v) is 12.2. The fraction of sp³-hybridized carbons (Fsp3) is 0.391. The van der Waals surface area contributed by atoms with Crippen LogP contribution in [0.5, 0.6) is 0 Å². The molecule has 1 fully saturated rings. The van der Waals surface area contributed by atoms with E-state index in [2.05, 4.69) is 52.3 Å². The zero-order chi connectivity index (χ0) is 19.6. The van der Waals surface area contributed by atoms with E-state index in [9.17, 15) is 4.79 Å². The molecular formula is C23H25N3OS2. The molecule has 0 aliphatic carbocycles. The normalized spacial score (nSPS) is 19.8. The lowest BCUT2D eigenvalue weighted by atomic mass is 9.98. The number of likely N-dealkylation sites (tertiary alicyclic amines) is 1. The lowest BCUT2D eigenvalue weighted by Gasteiger charge is -2.34. The van der Waals surface area contributed by atoms with Crippen LogP contribution < -0.4 is 4.90 Å². The third kappa shape index (κ3) is 4.01. The molecule has 1 saturated heterocycles. The number of thioether (sulfide) groups is 1. The molecule has 29 heavy (non-hydrogen) atoms. The van der Waals surface area contributed by atoms with Gasteiger partial charge in [0.2, 0.25) is 5.91 Å². The molecule has 3 aromatic rings. The summed E-state index contributed by atoms with van der Waals surface area (Å²) in [6, 6.07) is 16.8. The van der Waals surface area contributed by atoms with Crippen molar-refractivity contribution in [2.45, 2.75) is 30.1 Å². The van der Waals surface area contributed by atoms with Gasteiger partial charge in [0.1, 0.15) is 0 Å². The number of benzene rings is 2. The maximum Gasteiger partial charge on any atom is 0.242 e. The van der Waals surface area contributed by atoms with Crippen molar-refractivity contribution in [1.29, 1.82) is 0 Å².